The average Bonchev–Trinajstić information content (AvgIpc) is 2.62. The molecule has 0 aliphatic heterocycles. The Morgan fingerprint density at radius 1 is 1.47 bits per heavy atom. The van der Waals surface area contributed by atoms with Crippen molar-refractivity contribution in [2.24, 2.45) is 11.7 Å². The molecule has 0 radical (unpaired) electrons. The van der Waals surface area contributed by atoms with Crippen molar-refractivity contribution in [3.05, 3.63) is 0 Å². The third kappa shape index (κ3) is 2.21. The molecule has 1 aliphatic carbocycles. The van der Waals surface area contributed by atoms with Gasteiger partial charge >= 0.3 is 0 Å². The van der Waals surface area contributed by atoms with Crippen LogP contribution in [0.5, 0.6) is 0 Å². The van der Waals surface area contributed by atoms with E-state index >= 15 is 0 Å². The van der Waals surface area contributed by atoms with Gasteiger partial charge in [0.05, 0.1) is 0 Å². The molecule has 2 nitrogen and oxygen atoms in total. The van der Waals surface area contributed by atoms with Crippen LogP contribution >= 0.6 is 0 Å². The molecule has 0 aromatic rings. The van der Waals surface area contributed by atoms with Gasteiger partial charge in [-0.1, -0.05) is 27.2 Å². The van der Waals surface area contributed by atoms with Crippen LogP contribution in [0.4, 0.5) is 0 Å². The predicted molar refractivity (Wildman–Crippen MR) is 66.9 cm³/mol. The summed E-state index contributed by atoms with van der Waals surface area (Å²) in [6, 6.07) is 0.666. The van der Waals surface area contributed by atoms with Gasteiger partial charge in [0.15, 0.2) is 0 Å². The van der Waals surface area contributed by atoms with Gasteiger partial charge in [-0.2, -0.15) is 0 Å². The second-order valence-electron chi connectivity index (χ2n) is 5.14. The molecule has 1 aliphatic rings. The van der Waals surface area contributed by atoms with Crippen LogP contribution in [0, 0.1) is 5.92 Å². The molecule has 0 aromatic heterocycles. The first-order valence-electron chi connectivity index (χ1n) is 6.59. The van der Waals surface area contributed by atoms with Crippen LogP contribution in [0.3, 0.4) is 0 Å². The van der Waals surface area contributed by atoms with E-state index in [-0.39, 0.29) is 0 Å². The van der Waals surface area contributed by atoms with Gasteiger partial charge in [-0.25, -0.2) is 0 Å². The van der Waals surface area contributed by atoms with E-state index in [2.05, 4.69) is 32.6 Å². The Morgan fingerprint density at radius 3 is 2.47 bits per heavy atom. The third-order valence-corrected chi connectivity index (χ3v) is 4.55. The highest BCUT2D eigenvalue weighted by Gasteiger charge is 2.44. The van der Waals surface area contributed by atoms with Gasteiger partial charge in [-0.15, -0.1) is 0 Å². The number of nitrogens with two attached hydrogens (primary N) is 1. The van der Waals surface area contributed by atoms with Crippen molar-refractivity contribution in [3.63, 3.8) is 0 Å². The topological polar surface area (TPSA) is 29.3 Å². The SMILES string of the molecule is CCC(C)N(CC)C1(CN)CCCC1C. The van der Waals surface area contributed by atoms with Crippen LogP contribution in [0.15, 0.2) is 0 Å². The van der Waals surface area contributed by atoms with Crippen LogP contribution < -0.4 is 5.73 Å². The monoisotopic (exact) mass is 212 g/mol. The molecule has 1 saturated carbocycles. The van der Waals surface area contributed by atoms with Crippen molar-refractivity contribution in [2.45, 2.75) is 65.0 Å². The number of rotatable bonds is 5. The quantitative estimate of drug-likeness (QED) is 0.759. The summed E-state index contributed by atoms with van der Waals surface area (Å²) in [5.74, 6) is 0.761. The van der Waals surface area contributed by atoms with Gasteiger partial charge < -0.3 is 5.73 Å². The molecule has 3 unspecified atom stereocenters. The highest BCUT2D eigenvalue weighted by atomic mass is 15.2. The first kappa shape index (κ1) is 13.0. The van der Waals surface area contributed by atoms with Crippen LogP contribution in [-0.4, -0.2) is 29.6 Å². The summed E-state index contributed by atoms with van der Waals surface area (Å²) in [6.45, 7) is 11.2. The second kappa shape index (κ2) is 5.31. The Balaban J connectivity index is 2.86. The van der Waals surface area contributed by atoms with E-state index in [1.807, 2.05) is 0 Å². The van der Waals surface area contributed by atoms with Crippen molar-refractivity contribution in [3.8, 4) is 0 Å². The summed E-state index contributed by atoms with van der Waals surface area (Å²) >= 11 is 0. The molecule has 0 amide bonds. The van der Waals surface area contributed by atoms with E-state index in [9.17, 15) is 0 Å². The minimum Gasteiger partial charge on any atom is -0.329 e. The van der Waals surface area contributed by atoms with E-state index in [0.29, 0.717) is 11.6 Å². The minimum absolute atomic E-state index is 0.296. The summed E-state index contributed by atoms with van der Waals surface area (Å²) < 4.78 is 0. The molecule has 0 bridgehead atoms. The molecule has 15 heavy (non-hydrogen) atoms. The maximum absolute atomic E-state index is 6.09. The van der Waals surface area contributed by atoms with Crippen molar-refractivity contribution < 1.29 is 0 Å². The highest BCUT2D eigenvalue weighted by Crippen LogP contribution is 2.40. The summed E-state index contributed by atoms with van der Waals surface area (Å²) in [5, 5.41) is 0. The molecule has 1 rings (SSSR count). The van der Waals surface area contributed by atoms with E-state index in [0.717, 1.165) is 19.0 Å². The Hall–Kier alpha value is -0.0800. The van der Waals surface area contributed by atoms with Crippen molar-refractivity contribution in [1.82, 2.24) is 4.90 Å². The number of hydrogen-bond acceptors (Lipinski definition) is 2. The van der Waals surface area contributed by atoms with Crippen LogP contribution in [0.25, 0.3) is 0 Å². The van der Waals surface area contributed by atoms with E-state index in [4.69, 9.17) is 5.73 Å². The fraction of sp³-hybridized carbons (Fsp3) is 1.00. The first-order chi connectivity index (χ1) is 7.12. The molecule has 1 fully saturated rings. The lowest BCUT2D eigenvalue weighted by Gasteiger charge is -2.46. The van der Waals surface area contributed by atoms with Gasteiger partial charge in [0.25, 0.3) is 0 Å². The fourth-order valence-corrected chi connectivity index (χ4v) is 3.36. The largest absolute Gasteiger partial charge is 0.329 e. The highest BCUT2D eigenvalue weighted by molar-refractivity contribution is 5.01. The molecule has 0 spiro atoms. The Kier molecular flexibility index (Phi) is 4.60. The zero-order chi connectivity index (χ0) is 11.5. The maximum Gasteiger partial charge on any atom is 0.0359 e. The normalized spacial score (nSPS) is 33.6. The summed E-state index contributed by atoms with van der Waals surface area (Å²) in [6.07, 6.45) is 5.22. The molecule has 0 heterocycles. The number of nitrogens with zero attached hydrogens (tertiary/aromatic N) is 1. The Labute approximate surface area is 95.2 Å². The second-order valence-corrected chi connectivity index (χ2v) is 5.14. The lowest BCUT2D eigenvalue weighted by molar-refractivity contribution is 0.0325. The summed E-state index contributed by atoms with van der Waals surface area (Å²) in [4.78, 5) is 2.66. The number of hydrogen-bond donors (Lipinski definition) is 1. The van der Waals surface area contributed by atoms with Crippen LogP contribution in [0.2, 0.25) is 0 Å². The Bertz CT molecular complexity index is 193. The Morgan fingerprint density at radius 2 is 2.13 bits per heavy atom. The third-order valence-electron chi connectivity index (χ3n) is 4.55. The minimum atomic E-state index is 0.296. The standard InChI is InChI=1S/C13H28N2/c1-5-12(4)15(6-2)13(10-14)9-7-8-11(13)3/h11-12H,5-10,14H2,1-4H3. The van der Waals surface area contributed by atoms with Crippen molar-refractivity contribution >= 4 is 0 Å². The maximum atomic E-state index is 6.09. The zero-order valence-electron chi connectivity index (χ0n) is 10.9. The summed E-state index contributed by atoms with van der Waals surface area (Å²) in [7, 11) is 0. The van der Waals surface area contributed by atoms with Gasteiger partial charge in [-0.05, 0) is 38.6 Å². The molecular formula is C13H28N2. The molecule has 0 saturated heterocycles. The molecule has 90 valence electrons. The lowest BCUT2D eigenvalue weighted by Crippen LogP contribution is -2.58. The predicted octanol–water partition coefficient (Wildman–Crippen LogP) is 2.62. The van der Waals surface area contributed by atoms with Crippen molar-refractivity contribution in [2.75, 3.05) is 13.1 Å². The molecule has 2 heteroatoms. The molecule has 2 N–H and O–H groups in total. The number of likely N-dealkylation sites (N-methyl/N-ethyl adjacent to an activating group) is 1. The lowest BCUT2D eigenvalue weighted by atomic mass is 9.85. The van der Waals surface area contributed by atoms with Crippen molar-refractivity contribution in [1.29, 1.82) is 0 Å². The van der Waals surface area contributed by atoms with E-state index in [1.54, 1.807) is 0 Å². The van der Waals surface area contributed by atoms with Crippen LogP contribution in [-0.2, 0) is 0 Å². The van der Waals surface area contributed by atoms with Gasteiger partial charge in [-0.3, -0.25) is 4.90 Å². The zero-order valence-corrected chi connectivity index (χ0v) is 10.9. The molecular weight excluding hydrogens is 184 g/mol. The van der Waals surface area contributed by atoms with E-state index < -0.39 is 0 Å². The van der Waals surface area contributed by atoms with Gasteiger partial charge in [0, 0.05) is 18.1 Å². The molecule has 0 aromatic carbocycles. The first-order valence-corrected chi connectivity index (χ1v) is 6.59. The van der Waals surface area contributed by atoms with Crippen LogP contribution in [0.1, 0.15) is 53.4 Å². The van der Waals surface area contributed by atoms with Gasteiger partial charge in [0.2, 0.25) is 0 Å². The molecule has 3 atom stereocenters. The summed E-state index contributed by atoms with van der Waals surface area (Å²) in [5.41, 5.74) is 6.38. The average molecular weight is 212 g/mol. The smallest absolute Gasteiger partial charge is 0.0359 e. The fourth-order valence-electron chi connectivity index (χ4n) is 3.36. The van der Waals surface area contributed by atoms with E-state index in [1.165, 1.54) is 25.7 Å². The van der Waals surface area contributed by atoms with Gasteiger partial charge in [0.1, 0.15) is 0 Å².